The second-order valence-corrected chi connectivity index (χ2v) is 3.06. The van der Waals surface area contributed by atoms with Crippen LogP contribution >= 0.6 is 0 Å². The van der Waals surface area contributed by atoms with Gasteiger partial charge in [0.15, 0.2) is 0 Å². The molecular formula is C8H19N. The summed E-state index contributed by atoms with van der Waals surface area (Å²) in [5.41, 5.74) is 0. The summed E-state index contributed by atoms with van der Waals surface area (Å²) in [5, 5.41) is 3.24. The Labute approximate surface area is 59.3 Å². The van der Waals surface area contributed by atoms with Gasteiger partial charge in [0.2, 0.25) is 0 Å². The van der Waals surface area contributed by atoms with E-state index in [9.17, 15) is 0 Å². The van der Waals surface area contributed by atoms with Gasteiger partial charge in [-0.2, -0.15) is 0 Å². The van der Waals surface area contributed by atoms with Gasteiger partial charge in [-0.05, 0) is 32.4 Å². The van der Waals surface area contributed by atoms with Crippen molar-refractivity contribution in [3.05, 3.63) is 0 Å². The molecule has 0 radical (unpaired) electrons. The van der Waals surface area contributed by atoms with Crippen molar-refractivity contribution in [2.45, 2.75) is 32.1 Å². The van der Waals surface area contributed by atoms with Crippen LogP contribution in [-0.4, -0.2) is 13.6 Å². The number of rotatable bonds is 2. The van der Waals surface area contributed by atoms with Gasteiger partial charge in [0.25, 0.3) is 0 Å². The Morgan fingerprint density at radius 1 is 1.33 bits per heavy atom. The molecule has 0 heterocycles. The Kier molecular flexibility index (Phi) is 3.05. The molecule has 1 aliphatic rings. The van der Waals surface area contributed by atoms with Crippen LogP contribution in [0.25, 0.3) is 0 Å². The molecule has 1 rings (SSSR count). The summed E-state index contributed by atoms with van der Waals surface area (Å²) in [6.07, 6.45) is 7.32. The molecule has 9 heavy (non-hydrogen) atoms. The molecule has 1 N–H and O–H groups in total. The fourth-order valence-corrected chi connectivity index (χ4v) is 1.68. The van der Waals surface area contributed by atoms with Gasteiger partial charge in [-0.15, -0.1) is 0 Å². The molecular weight excluding hydrogens is 110 g/mol. The molecule has 0 unspecified atom stereocenters. The summed E-state index contributed by atoms with van der Waals surface area (Å²) in [5.74, 6) is 0.990. The van der Waals surface area contributed by atoms with Crippen LogP contribution in [0.1, 0.15) is 33.5 Å². The van der Waals surface area contributed by atoms with Gasteiger partial charge in [0, 0.05) is 1.43 Å². The first kappa shape index (κ1) is 7.07. The zero-order valence-electron chi connectivity index (χ0n) is 6.32. The molecule has 1 aliphatic carbocycles. The van der Waals surface area contributed by atoms with Gasteiger partial charge in [0.1, 0.15) is 0 Å². The van der Waals surface area contributed by atoms with Crippen molar-refractivity contribution in [1.82, 2.24) is 5.32 Å². The molecule has 0 aromatic rings. The van der Waals surface area contributed by atoms with Gasteiger partial charge in [-0.3, -0.25) is 0 Å². The monoisotopic (exact) mass is 129 g/mol. The van der Waals surface area contributed by atoms with Gasteiger partial charge in [-0.1, -0.05) is 19.3 Å². The summed E-state index contributed by atoms with van der Waals surface area (Å²) >= 11 is 0. The summed E-state index contributed by atoms with van der Waals surface area (Å²) < 4.78 is 0. The van der Waals surface area contributed by atoms with Crippen LogP contribution in [0.2, 0.25) is 0 Å². The third-order valence-corrected chi connectivity index (χ3v) is 2.22. The predicted molar refractivity (Wildman–Crippen MR) is 42.6 cm³/mol. The minimum Gasteiger partial charge on any atom is -0.319 e. The first-order valence-corrected chi connectivity index (χ1v) is 4.08. The second kappa shape index (κ2) is 3.89. The molecule has 1 nitrogen and oxygen atoms in total. The van der Waals surface area contributed by atoms with E-state index in [2.05, 4.69) is 12.4 Å². The lowest BCUT2D eigenvalue weighted by atomic mass is 9.89. The zero-order valence-corrected chi connectivity index (χ0v) is 6.32. The molecule has 0 aromatic carbocycles. The smallest absolute Gasteiger partial charge is 0 e. The van der Waals surface area contributed by atoms with Crippen molar-refractivity contribution in [3.63, 3.8) is 0 Å². The Morgan fingerprint density at radius 3 is 2.56 bits per heavy atom. The lowest BCUT2D eigenvalue weighted by molar-refractivity contribution is 0.350. The number of hydrogen-bond acceptors (Lipinski definition) is 1. The van der Waals surface area contributed by atoms with Crippen LogP contribution in [0.5, 0.6) is 0 Å². The van der Waals surface area contributed by atoms with Crippen molar-refractivity contribution < 1.29 is 1.43 Å². The van der Waals surface area contributed by atoms with Crippen molar-refractivity contribution in [3.8, 4) is 0 Å². The zero-order chi connectivity index (χ0) is 6.53. The molecule has 56 valence electrons. The van der Waals surface area contributed by atoms with Gasteiger partial charge >= 0.3 is 0 Å². The summed E-state index contributed by atoms with van der Waals surface area (Å²) in [6, 6.07) is 0. The van der Waals surface area contributed by atoms with E-state index < -0.39 is 0 Å². The highest BCUT2D eigenvalue weighted by Crippen LogP contribution is 2.22. The Balaban J connectivity index is 0.000000810. The van der Waals surface area contributed by atoms with Crippen molar-refractivity contribution in [2.75, 3.05) is 13.6 Å². The van der Waals surface area contributed by atoms with E-state index in [1.54, 1.807) is 0 Å². The highest BCUT2D eigenvalue weighted by molar-refractivity contribution is 4.66. The number of nitrogens with one attached hydrogen (secondary N) is 1. The summed E-state index contributed by atoms with van der Waals surface area (Å²) in [6.45, 7) is 1.24. The second-order valence-electron chi connectivity index (χ2n) is 3.06. The lowest BCUT2D eigenvalue weighted by Crippen LogP contribution is -2.20. The van der Waals surface area contributed by atoms with Gasteiger partial charge < -0.3 is 5.32 Å². The minimum absolute atomic E-state index is 0. The quantitative estimate of drug-likeness (QED) is 0.601. The van der Waals surface area contributed by atoms with Crippen LogP contribution in [-0.2, 0) is 0 Å². The molecule has 0 amide bonds. The van der Waals surface area contributed by atoms with Crippen molar-refractivity contribution in [2.24, 2.45) is 5.92 Å². The maximum atomic E-state index is 3.24. The van der Waals surface area contributed by atoms with E-state index in [4.69, 9.17) is 0 Å². The van der Waals surface area contributed by atoms with E-state index in [1.165, 1.54) is 38.6 Å². The maximum absolute atomic E-state index is 3.24. The largest absolute Gasteiger partial charge is 0.319 e. The molecule has 0 atom stereocenters. The third-order valence-electron chi connectivity index (χ3n) is 2.22. The highest BCUT2D eigenvalue weighted by atomic mass is 14.8. The first-order chi connectivity index (χ1) is 4.43. The molecule has 0 spiro atoms. The Bertz CT molecular complexity index is 66.9. The standard InChI is InChI=1S/C8H17N.H2/c1-9-7-8-5-3-2-4-6-8;/h8-9H,2-7H2,1H3;1H. The van der Waals surface area contributed by atoms with Gasteiger partial charge in [0.05, 0.1) is 0 Å². The van der Waals surface area contributed by atoms with Crippen LogP contribution in [0, 0.1) is 5.92 Å². The average molecular weight is 129 g/mol. The van der Waals surface area contributed by atoms with Crippen LogP contribution < -0.4 is 5.32 Å². The third kappa shape index (κ3) is 2.35. The van der Waals surface area contributed by atoms with E-state index in [1.807, 2.05) is 0 Å². The van der Waals surface area contributed by atoms with Crippen molar-refractivity contribution >= 4 is 0 Å². The molecule has 0 bridgehead atoms. The average Bonchev–Trinajstić information content (AvgIpc) is 1.91. The topological polar surface area (TPSA) is 12.0 Å². The fraction of sp³-hybridized carbons (Fsp3) is 1.00. The molecule has 0 saturated heterocycles. The van der Waals surface area contributed by atoms with Crippen LogP contribution in [0.4, 0.5) is 0 Å². The lowest BCUT2D eigenvalue weighted by Gasteiger charge is -2.20. The molecule has 1 fully saturated rings. The molecule has 1 heteroatoms. The van der Waals surface area contributed by atoms with E-state index in [0.29, 0.717) is 0 Å². The molecule has 1 saturated carbocycles. The minimum atomic E-state index is 0. The normalized spacial score (nSPS) is 22.3. The first-order valence-electron chi connectivity index (χ1n) is 4.08. The van der Waals surface area contributed by atoms with E-state index in [-0.39, 0.29) is 1.43 Å². The predicted octanol–water partition coefficient (Wildman–Crippen LogP) is 2.03. The summed E-state index contributed by atoms with van der Waals surface area (Å²) in [7, 11) is 2.05. The highest BCUT2D eigenvalue weighted by Gasteiger charge is 2.11. The van der Waals surface area contributed by atoms with Crippen LogP contribution in [0.3, 0.4) is 0 Å². The number of hydrogen-bond donors (Lipinski definition) is 1. The molecule has 0 aliphatic heterocycles. The van der Waals surface area contributed by atoms with Crippen LogP contribution in [0.15, 0.2) is 0 Å². The fourth-order valence-electron chi connectivity index (χ4n) is 1.68. The van der Waals surface area contributed by atoms with Gasteiger partial charge in [-0.25, -0.2) is 0 Å². The van der Waals surface area contributed by atoms with Crippen molar-refractivity contribution in [1.29, 1.82) is 0 Å². The maximum Gasteiger partial charge on any atom is 0 e. The van der Waals surface area contributed by atoms with E-state index >= 15 is 0 Å². The Hall–Kier alpha value is -0.0400. The summed E-state index contributed by atoms with van der Waals surface area (Å²) in [4.78, 5) is 0. The Morgan fingerprint density at radius 2 is 2.00 bits per heavy atom. The molecule has 0 aromatic heterocycles. The SMILES string of the molecule is CNCC1CCCCC1.[HH]. The van der Waals surface area contributed by atoms with E-state index in [0.717, 1.165) is 5.92 Å².